The van der Waals surface area contributed by atoms with Crippen molar-refractivity contribution in [3.8, 4) is 5.75 Å². The SMILES string of the molecule is [CH2-][NH+]1CCCC(Oc2ccccc2)C1. The fraction of sp³-hybridized carbons (Fsp3) is 0.417. The molecular weight excluding hydrogens is 174 g/mol. The van der Waals surface area contributed by atoms with Crippen LogP contribution in [0.25, 0.3) is 0 Å². The van der Waals surface area contributed by atoms with Crippen LogP contribution >= 0.6 is 0 Å². The standard InChI is InChI=1S/C12H17NO/c1-13-9-5-8-12(10-13)14-11-6-3-2-4-7-11/h2-4,6-7,12-13H,1,5,8-10H2. The minimum Gasteiger partial charge on any atom is -0.485 e. The predicted octanol–water partition coefficient (Wildman–Crippen LogP) is 0.904. The van der Waals surface area contributed by atoms with Crippen LogP contribution in [0.4, 0.5) is 0 Å². The molecule has 2 rings (SSSR count). The van der Waals surface area contributed by atoms with E-state index in [0.29, 0.717) is 6.10 Å². The summed E-state index contributed by atoms with van der Waals surface area (Å²) in [5.41, 5.74) is 0. The molecule has 1 saturated heterocycles. The van der Waals surface area contributed by atoms with E-state index < -0.39 is 0 Å². The Bertz CT molecular complexity index is 273. The van der Waals surface area contributed by atoms with Gasteiger partial charge in [-0.3, -0.25) is 0 Å². The van der Waals surface area contributed by atoms with E-state index in [0.717, 1.165) is 18.7 Å². The van der Waals surface area contributed by atoms with Gasteiger partial charge in [0.1, 0.15) is 11.9 Å². The number of hydrogen-bond acceptors (Lipinski definition) is 1. The predicted molar refractivity (Wildman–Crippen MR) is 56.1 cm³/mol. The summed E-state index contributed by atoms with van der Waals surface area (Å²) in [6, 6.07) is 10.0. The van der Waals surface area contributed by atoms with Crippen molar-refractivity contribution >= 4 is 0 Å². The van der Waals surface area contributed by atoms with E-state index in [-0.39, 0.29) is 0 Å². The smallest absolute Gasteiger partial charge is 0.145 e. The lowest BCUT2D eigenvalue weighted by Crippen LogP contribution is -3.09. The summed E-state index contributed by atoms with van der Waals surface area (Å²) in [5.74, 6) is 0.979. The van der Waals surface area contributed by atoms with Crippen LogP contribution in [0.3, 0.4) is 0 Å². The summed E-state index contributed by atoms with van der Waals surface area (Å²) in [4.78, 5) is 1.33. The molecule has 1 aromatic carbocycles. The van der Waals surface area contributed by atoms with Crippen molar-refractivity contribution in [3.63, 3.8) is 0 Å². The molecule has 0 spiro atoms. The Balaban J connectivity index is 1.91. The molecule has 2 atom stereocenters. The van der Waals surface area contributed by atoms with Gasteiger partial charge in [0.25, 0.3) is 0 Å². The number of hydrogen-bond donors (Lipinski definition) is 1. The van der Waals surface area contributed by atoms with Crippen molar-refractivity contribution in [3.05, 3.63) is 37.4 Å². The van der Waals surface area contributed by atoms with Gasteiger partial charge in [0, 0.05) is 0 Å². The van der Waals surface area contributed by atoms with E-state index in [1.165, 1.54) is 17.9 Å². The van der Waals surface area contributed by atoms with Crippen LogP contribution < -0.4 is 9.64 Å². The number of likely N-dealkylation sites (tertiary alicyclic amines) is 1. The Morgan fingerprint density at radius 3 is 2.79 bits per heavy atom. The molecule has 1 heterocycles. The van der Waals surface area contributed by atoms with Gasteiger partial charge in [0.15, 0.2) is 0 Å². The Kier molecular flexibility index (Phi) is 3.04. The largest absolute Gasteiger partial charge is 0.485 e. The fourth-order valence-corrected chi connectivity index (χ4v) is 1.90. The highest BCUT2D eigenvalue weighted by Crippen LogP contribution is 2.13. The second-order valence-corrected chi connectivity index (χ2v) is 3.90. The van der Waals surface area contributed by atoms with Crippen molar-refractivity contribution in [2.24, 2.45) is 0 Å². The Labute approximate surface area is 85.5 Å². The maximum Gasteiger partial charge on any atom is 0.145 e. The van der Waals surface area contributed by atoms with E-state index >= 15 is 0 Å². The molecule has 0 saturated carbocycles. The molecule has 1 aliphatic heterocycles. The molecule has 2 unspecified atom stereocenters. The topological polar surface area (TPSA) is 13.7 Å². The van der Waals surface area contributed by atoms with Crippen LogP contribution in [0, 0.1) is 7.05 Å². The zero-order chi connectivity index (χ0) is 9.80. The van der Waals surface area contributed by atoms with Crippen molar-refractivity contribution < 1.29 is 9.64 Å². The van der Waals surface area contributed by atoms with Gasteiger partial charge >= 0.3 is 0 Å². The van der Waals surface area contributed by atoms with E-state index in [4.69, 9.17) is 4.74 Å². The van der Waals surface area contributed by atoms with Crippen molar-refractivity contribution in [1.82, 2.24) is 0 Å². The average Bonchev–Trinajstić information content (AvgIpc) is 2.19. The van der Waals surface area contributed by atoms with Crippen LogP contribution in [0.2, 0.25) is 0 Å². The first-order valence-electron chi connectivity index (χ1n) is 5.23. The van der Waals surface area contributed by atoms with Gasteiger partial charge in [-0.1, -0.05) is 18.2 Å². The Morgan fingerprint density at radius 1 is 1.29 bits per heavy atom. The lowest BCUT2D eigenvalue weighted by atomic mass is 10.1. The van der Waals surface area contributed by atoms with E-state index in [1.54, 1.807) is 0 Å². The summed E-state index contributed by atoms with van der Waals surface area (Å²) >= 11 is 0. The zero-order valence-corrected chi connectivity index (χ0v) is 8.41. The summed E-state index contributed by atoms with van der Waals surface area (Å²) in [5, 5.41) is 0. The molecule has 0 aliphatic carbocycles. The zero-order valence-electron chi connectivity index (χ0n) is 8.41. The lowest BCUT2D eigenvalue weighted by Gasteiger charge is -2.31. The van der Waals surface area contributed by atoms with Gasteiger partial charge in [-0.2, -0.15) is 7.05 Å². The third-order valence-electron chi connectivity index (χ3n) is 2.62. The quantitative estimate of drug-likeness (QED) is 0.686. The summed E-state index contributed by atoms with van der Waals surface area (Å²) in [6.07, 6.45) is 2.73. The van der Waals surface area contributed by atoms with Crippen LogP contribution in [0.5, 0.6) is 5.75 Å². The number of benzene rings is 1. The second-order valence-electron chi connectivity index (χ2n) is 3.90. The van der Waals surface area contributed by atoms with E-state index in [1.807, 2.05) is 30.3 Å². The molecule has 2 nitrogen and oxygen atoms in total. The number of nitrogens with one attached hydrogen (secondary N) is 1. The number of piperidine rings is 1. The third kappa shape index (κ3) is 2.48. The molecule has 0 amide bonds. The molecule has 1 fully saturated rings. The normalized spacial score (nSPS) is 27.2. The maximum absolute atomic E-state index is 5.86. The summed E-state index contributed by atoms with van der Waals surface area (Å²) < 4.78 is 5.86. The molecule has 1 N–H and O–H groups in total. The van der Waals surface area contributed by atoms with Gasteiger partial charge < -0.3 is 9.64 Å². The van der Waals surface area contributed by atoms with Gasteiger partial charge in [0.05, 0.1) is 13.1 Å². The number of ether oxygens (including phenoxy) is 1. The molecule has 14 heavy (non-hydrogen) atoms. The van der Waals surface area contributed by atoms with E-state index in [2.05, 4.69) is 7.05 Å². The fourth-order valence-electron chi connectivity index (χ4n) is 1.90. The van der Waals surface area contributed by atoms with Crippen LogP contribution in [-0.2, 0) is 0 Å². The highest BCUT2D eigenvalue weighted by Gasteiger charge is 2.18. The molecule has 76 valence electrons. The first-order chi connectivity index (χ1) is 6.84. The van der Waals surface area contributed by atoms with Gasteiger partial charge in [-0.25, -0.2) is 0 Å². The maximum atomic E-state index is 5.86. The minimum atomic E-state index is 0.346. The molecule has 0 radical (unpaired) electrons. The highest BCUT2D eigenvalue weighted by atomic mass is 16.5. The molecule has 1 aromatic rings. The van der Waals surface area contributed by atoms with Crippen LogP contribution in [-0.4, -0.2) is 19.2 Å². The van der Waals surface area contributed by atoms with Crippen LogP contribution in [0.15, 0.2) is 30.3 Å². The lowest BCUT2D eigenvalue weighted by molar-refractivity contribution is -0.862. The van der Waals surface area contributed by atoms with Gasteiger partial charge in [-0.15, -0.1) is 0 Å². The molecular formula is C12H17NO. The molecule has 1 aliphatic rings. The summed E-state index contributed by atoms with van der Waals surface area (Å²) in [6.45, 7) is 2.20. The van der Waals surface area contributed by atoms with E-state index in [9.17, 15) is 0 Å². The molecule has 2 heteroatoms. The first kappa shape index (κ1) is 9.53. The average molecular weight is 191 g/mol. The summed E-state index contributed by atoms with van der Waals surface area (Å²) in [7, 11) is 4.03. The second kappa shape index (κ2) is 4.47. The Morgan fingerprint density at radius 2 is 2.07 bits per heavy atom. The molecule has 0 bridgehead atoms. The number of rotatable bonds is 2. The highest BCUT2D eigenvalue weighted by molar-refractivity contribution is 5.21. The Hall–Kier alpha value is -1.02. The van der Waals surface area contributed by atoms with Crippen molar-refractivity contribution in [1.29, 1.82) is 0 Å². The first-order valence-corrected chi connectivity index (χ1v) is 5.23. The number of para-hydroxylation sites is 1. The van der Waals surface area contributed by atoms with Crippen LogP contribution in [0.1, 0.15) is 12.8 Å². The monoisotopic (exact) mass is 191 g/mol. The third-order valence-corrected chi connectivity index (χ3v) is 2.62. The minimum absolute atomic E-state index is 0.346. The number of quaternary nitrogens is 1. The van der Waals surface area contributed by atoms with Gasteiger partial charge in [0.2, 0.25) is 0 Å². The molecule has 0 aromatic heterocycles. The van der Waals surface area contributed by atoms with Gasteiger partial charge in [-0.05, 0) is 25.0 Å². The van der Waals surface area contributed by atoms with Crippen molar-refractivity contribution in [2.45, 2.75) is 18.9 Å². The van der Waals surface area contributed by atoms with Crippen molar-refractivity contribution in [2.75, 3.05) is 13.1 Å².